The summed E-state index contributed by atoms with van der Waals surface area (Å²) in [6.07, 6.45) is 3.74. The van der Waals surface area contributed by atoms with Crippen LogP contribution < -0.4 is 10.6 Å². The molecule has 0 radical (unpaired) electrons. The number of imidazole rings is 1. The minimum Gasteiger partial charge on any atom is -0.380 e. The molecular formula is C19H28ClN5O2. The van der Waals surface area contributed by atoms with Crippen LogP contribution in [0.2, 0.25) is 0 Å². The molecule has 0 aliphatic carbocycles. The Labute approximate surface area is 166 Å². The molecule has 3 rings (SSSR count). The van der Waals surface area contributed by atoms with Gasteiger partial charge >= 0.3 is 0 Å². The Kier molecular flexibility index (Phi) is 8.24. The van der Waals surface area contributed by atoms with Gasteiger partial charge in [0.25, 0.3) is 0 Å². The maximum Gasteiger partial charge on any atom is 0.234 e. The van der Waals surface area contributed by atoms with Crippen LogP contribution in [-0.4, -0.2) is 53.6 Å². The molecule has 8 heteroatoms. The van der Waals surface area contributed by atoms with E-state index < -0.39 is 0 Å². The molecule has 148 valence electrons. The number of ether oxygens (including phenoxy) is 1. The number of piperazine rings is 1. The Balaban J connectivity index is 0.00000261. The van der Waals surface area contributed by atoms with E-state index >= 15 is 0 Å². The summed E-state index contributed by atoms with van der Waals surface area (Å²) in [7, 11) is 3.67. The van der Waals surface area contributed by atoms with Crippen LogP contribution in [-0.2, 0) is 29.7 Å². The third-order valence-corrected chi connectivity index (χ3v) is 4.65. The van der Waals surface area contributed by atoms with Gasteiger partial charge in [-0.15, -0.1) is 12.4 Å². The Morgan fingerprint density at radius 1 is 1.41 bits per heavy atom. The molecule has 1 aliphatic heterocycles. The summed E-state index contributed by atoms with van der Waals surface area (Å²) in [5.41, 5.74) is 2.19. The topological polar surface area (TPSA) is 71.4 Å². The van der Waals surface area contributed by atoms with Crippen molar-refractivity contribution in [3.05, 3.63) is 53.6 Å². The lowest BCUT2D eigenvalue weighted by molar-refractivity contribution is -0.123. The third kappa shape index (κ3) is 5.77. The monoisotopic (exact) mass is 393 g/mol. The van der Waals surface area contributed by atoms with Gasteiger partial charge in [0.15, 0.2) is 0 Å². The van der Waals surface area contributed by atoms with Gasteiger partial charge in [-0.05, 0) is 11.1 Å². The third-order valence-electron chi connectivity index (χ3n) is 4.65. The number of methoxy groups -OCH3 is 1. The predicted molar refractivity (Wildman–Crippen MR) is 107 cm³/mol. The van der Waals surface area contributed by atoms with Crippen LogP contribution in [0.5, 0.6) is 0 Å². The molecule has 0 bridgehead atoms. The van der Waals surface area contributed by atoms with Crippen molar-refractivity contribution in [1.29, 1.82) is 0 Å². The molecule has 1 atom stereocenters. The molecule has 0 spiro atoms. The first-order chi connectivity index (χ1) is 12.7. The molecule has 7 nitrogen and oxygen atoms in total. The lowest BCUT2D eigenvalue weighted by Crippen LogP contribution is -2.50. The Bertz CT molecular complexity index is 736. The molecule has 1 aliphatic rings. The predicted octanol–water partition coefficient (Wildman–Crippen LogP) is 1.25. The molecule has 1 fully saturated rings. The molecule has 2 aromatic rings. The summed E-state index contributed by atoms with van der Waals surface area (Å²) in [5.74, 6) is 1.01. The van der Waals surface area contributed by atoms with Crippen molar-refractivity contribution in [2.45, 2.75) is 19.2 Å². The van der Waals surface area contributed by atoms with Gasteiger partial charge in [0.05, 0.1) is 19.2 Å². The lowest BCUT2D eigenvalue weighted by atomic mass is 10.1. The molecule has 2 heterocycles. The second-order valence-electron chi connectivity index (χ2n) is 6.62. The van der Waals surface area contributed by atoms with Gasteiger partial charge in [-0.1, -0.05) is 24.3 Å². The van der Waals surface area contributed by atoms with E-state index in [-0.39, 0.29) is 24.4 Å². The maximum absolute atomic E-state index is 12.5. The number of hydrogen-bond donors (Lipinski definition) is 2. The van der Waals surface area contributed by atoms with E-state index in [1.807, 2.05) is 36.0 Å². The first-order valence-corrected chi connectivity index (χ1v) is 8.93. The number of rotatable bonds is 7. The van der Waals surface area contributed by atoms with Crippen molar-refractivity contribution in [3.8, 4) is 0 Å². The van der Waals surface area contributed by atoms with E-state index in [2.05, 4.69) is 26.6 Å². The maximum atomic E-state index is 12.5. The number of carbonyl (C=O) groups excluding carboxylic acids is 1. The Morgan fingerprint density at radius 2 is 2.22 bits per heavy atom. The molecule has 1 unspecified atom stereocenters. The fourth-order valence-electron chi connectivity index (χ4n) is 3.33. The van der Waals surface area contributed by atoms with Crippen LogP contribution in [0.1, 0.15) is 23.0 Å². The second kappa shape index (κ2) is 10.4. The smallest absolute Gasteiger partial charge is 0.234 e. The van der Waals surface area contributed by atoms with Crippen molar-refractivity contribution in [1.82, 2.24) is 25.1 Å². The summed E-state index contributed by atoms with van der Waals surface area (Å²) >= 11 is 0. The lowest BCUT2D eigenvalue weighted by Gasteiger charge is -2.35. The van der Waals surface area contributed by atoms with Crippen LogP contribution >= 0.6 is 12.4 Å². The van der Waals surface area contributed by atoms with Crippen LogP contribution in [0, 0.1) is 0 Å². The van der Waals surface area contributed by atoms with Gasteiger partial charge < -0.3 is 19.9 Å². The van der Waals surface area contributed by atoms with Crippen molar-refractivity contribution < 1.29 is 9.53 Å². The van der Waals surface area contributed by atoms with Crippen LogP contribution in [0.4, 0.5) is 0 Å². The van der Waals surface area contributed by atoms with Crippen molar-refractivity contribution >= 4 is 18.3 Å². The molecule has 1 aromatic heterocycles. The standard InChI is InChI=1S/C19H27N5O2.ClH/c1-23-8-7-21-19(23)17-12-20-6-9-24(17)13-18(25)22-11-15-4-3-5-16(10-15)14-26-2;/h3-5,7-8,10,17,20H,6,9,11-14H2,1-2H3,(H,22,25);1H. The average Bonchev–Trinajstić information content (AvgIpc) is 3.07. The summed E-state index contributed by atoms with van der Waals surface area (Å²) in [5, 5.41) is 6.42. The minimum absolute atomic E-state index is 0. The van der Waals surface area contributed by atoms with Gasteiger partial charge in [-0.25, -0.2) is 4.98 Å². The van der Waals surface area contributed by atoms with Gasteiger partial charge in [-0.3, -0.25) is 9.69 Å². The van der Waals surface area contributed by atoms with E-state index in [0.717, 1.165) is 36.6 Å². The quantitative estimate of drug-likeness (QED) is 0.740. The highest BCUT2D eigenvalue weighted by Crippen LogP contribution is 2.19. The number of amides is 1. The van der Waals surface area contributed by atoms with Crippen molar-refractivity contribution in [2.24, 2.45) is 7.05 Å². The summed E-state index contributed by atoms with van der Waals surface area (Å²) in [6, 6.07) is 8.20. The largest absolute Gasteiger partial charge is 0.380 e. The minimum atomic E-state index is 0. The van der Waals surface area contributed by atoms with Crippen molar-refractivity contribution in [2.75, 3.05) is 33.3 Å². The fourth-order valence-corrected chi connectivity index (χ4v) is 3.33. The number of benzene rings is 1. The number of carbonyl (C=O) groups is 1. The summed E-state index contributed by atoms with van der Waals surface area (Å²) in [6.45, 7) is 3.99. The van der Waals surface area contributed by atoms with E-state index in [4.69, 9.17) is 4.74 Å². The number of nitrogens with one attached hydrogen (secondary N) is 2. The van der Waals surface area contributed by atoms with Crippen molar-refractivity contribution in [3.63, 3.8) is 0 Å². The first-order valence-electron chi connectivity index (χ1n) is 8.93. The molecule has 2 N–H and O–H groups in total. The van der Waals surface area contributed by atoms with Gasteiger partial charge in [0, 0.05) is 52.7 Å². The number of nitrogens with zero attached hydrogens (tertiary/aromatic N) is 3. The Morgan fingerprint density at radius 3 is 2.96 bits per heavy atom. The normalized spacial score (nSPS) is 17.3. The molecule has 1 saturated heterocycles. The summed E-state index contributed by atoms with van der Waals surface area (Å²) < 4.78 is 7.18. The highest BCUT2D eigenvalue weighted by molar-refractivity contribution is 5.85. The molecular weight excluding hydrogens is 366 g/mol. The van der Waals surface area contributed by atoms with Crippen LogP contribution in [0.3, 0.4) is 0 Å². The molecule has 27 heavy (non-hydrogen) atoms. The van der Waals surface area contributed by atoms with E-state index in [0.29, 0.717) is 19.7 Å². The summed E-state index contributed by atoms with van der Waals surface area (Å²) in [4.78, 5) is 19.1. The SMILES string of the molecule is COCc1cccc(CNC(=O)CN2CCNCC2c2nccn2C)c1.Cl. The molecule has 0 saturated carbocycles. The number of aromatic nitrogens is 2. The molecule has 1 aromatic carbocycles. The zero-order chi connectivity index (χ0) is 18.4. The van der Waals surface area contributed by atoms with Gasteiger partial charge in [0.1, 0.15) is 5.82 Å². The molecule has 1 amide bonds. The first kappa shape index (κ1) is 21.4. The van der Waals surface area contributed by atoms with E-state index in [9.17, 15) is 4.79 Å². The fraction of sp³-hybridized carbons (Fsp3) is 0.474. The highest BCUT2D eigenvalue weighted by Gasteiger charge is 2.28. The highest BCUT2D eigenvalue weighted by atomic mass is 35.5. The van der Waals surface area contributed by atoms with E-state index in [1.165, 1.54) is 0 Å². The number of hydrogen-bond acceptors (Lipinski definition) is 5. The number of aryl methyl sites for hydroxylation is 1. The van der Waals surface area contributed by atoms with E-state index in [1.54, 1.807) is 13.3 Å². The van der Waals surface area contributed by atoms with Gasteiger partial charge in [-0.2, -0.15) is 0 Å². The van der Waals surface area contributed by atoms with Crippen LogP contribution in [0.15, 0.2) is 36.7 Å². The zero-order valence-electron chi connectivity index (χ0n) is 15.9. The zero-order valence-corrected chi connectivity index (χ0v) is 16.7. The Hall–Kier alpha value is -1.93. The van der Waals surface area contributed by atoms with Crippen LogP contribution in [0.25, 0.3) is 0 Å². The second-order valence-corrected chi connectivity index (χ2v) is 6.62. The number of halogens is 1. The average molecular weight is 394 g/mol. The van der Waals surface area contributed by atoms with Gasteiger partial charge in [0.2, 0.25) is 5.91 Å².